The van der Waals surface area contributed by atoms with E-state index in [2.05, 4.69) is 16.9 Å². The van der Waals surface area contributed by atoms with Gasteiger partial charge in [-0.1, -0.05) is 18.2 Å². The van der Waals surface area contributed by atoms with Crippen molar-refractivity contribution in [3.05, 3.63) is 59.8 Å². The maximum Gasteiger partial charge on any atom is 0.206 e. The lowest BCUT2D eigenvalue weighted by molar-refractivity contribution is 0.488. The van der Waals surface area contributed by atoms with Crippen molar-refractivity contribution in [3.63, 3.8) is 0 Å². The molecule has 1 aromatic heterocycles. The van der Waals surface area contributed by atoms with Gasteiger partial charge >= 0.3 is 0 Å². The molecule has 4 rings (SSSR count). The second-order valence-electron chi connectivity index (χ2n) is 6.71. The third kappa shape index (κ3) is 2.94. The van der Waals surface area contributed by atoms with Crippen LogP contribution >= 0.6 is 12.4 Å². The predicted molar refractivity (Wildman–Crippen MR) is 107 cm³/mol. The third-order valence-electron chi connectivity index (χ3n) is 5.36. The van der Waals surface area contributed by atoms with Crippen molar-refractivity contribution in [2.75, 3.05) is 7.05 Å². The monoisotopic (exact) mass is 390 g/mol. The normalized spacial score (nSPS) is 16.9. The fourth-order valence-corrected chi connectivity index (χ4v) is 5.22. The molecule has 0 fully saturated rings. The van der Waals surface area contributed by atoms with Crippen LogP contribution in [0.5, 0.6) is 0 Å². The molecule has 26 heavy (non-hydrogen) atoms. The molecule has 0 aliphatic heterocycles. The third-order valence-corrected chi connectivity index (χ3v) is 7.13. The maximum atomic E-state index is 13.0. The summed E-state index contributed by atoms with van der Waals surface area (Å²) in [5.41, 5.74) is 3.72. The number of benzene rings is 2. The zero-order valence-electron chi connectivity index (χ0n) is 14.9. The van der Waals surface area contributed by atoms with E-state index < -0.39 is 9.84 Å². The Morgan fingerprint density at radius 3 is 2.50 bits per heavy atom. The number of rotatable bonds is 3. The minimum absolute atomic E-state index is 0. The Labute approximate surface area is 160 Å². The van der Waals surface area contributed by atoms with Crippen LogP contribution in [0, 0.1) is 0 Å². The first-order valence-corrected chi connectivity index (χ1v) is 10.1. The highest BCUT2D eigenvalue weighted by molar-refractivity contribution is 7.91. The maximum absolute atomic E-state index is 13.0. The molecule has 6 heteroatoms. The van der Waals surface area contributed by atoms with Gasteiger partial charge in [0.25, 0.3) is 0 Å². The van der Waals surface area contributed by atoms with E-state index in [9.17, 15) is 8.42 Å². The Kier molecular flexibility index (Phi) is 5.15. The summed E-state index contributed by atoms with van der Waals surface area (Å²) in [5.74, 6) is 0. The number of fused-ring (bicyclic) bond motifs is 3. The van der Waals surface area contributed by atoms with E-state index in [0.29, 0.717) is 15.8 Å². The second kappa shape index (κ2) is 7.06. The minimum atomic E-state index is -3.49. The van der Waals surface area contributed by atoms with Gasteiger partial charge in [-0.2, -0.15) is 0 Å². The average molecular weight is 391 g/mol. The van der Waals surface area contributed by atoms with Gasteiger partial charge < -0.3 is 9.88 Å². The Morgan fingerprint density at radius 1 is 1.08 bits per heavy atom. The zero-order valence-corrected chi connectivity index (χ0v) is 16.5. The molecule has 0 spiro atoms. The number of hydrogen-bond acceptors (Lipinski definition) is 3. The molecule has 1 aliphatic rings. The first-order chi connectivity index (χ1) is 12.0. The summed E-state index contributed by atoms with van der Waals surface area (Å²) in [6, 6.07) is 14.6. The lowest BCUT2D eigenvalue weighted by Crippen LogP contribution is -2.31. The smallest absolute Gasteiger partial charge is 0.206 e. The summed E-state index contributed by atoms with van der Waals surface area (Å²) in [4.78, 5) is 0.707. The van der Waals surface area contributed by atoms with E-state index in [1.807, 2.05) is 25.2 Å². The van der Waals surface area contributed by atoms with Crippen molar-refractivity contribution in [2.24, 2.45) is 7.05 Å². The highest BCUT2D eigenvalue weighted by Crippen LogP contribution is 2.34. The highest BCUT2D eigenvalue weighted by atomic mass is 35.5. The highest BCUT2D eigenvalue weighted by Gasteiger charge is 2.25. The molecular weight excluding hydrogens is 368 g/mol. The van der Waals surface area contributed by atoms with Gasteiger partial charge in [-0.05, 0) is 62.2 Å². The molecule has 0 bridgehead atoms. The predicted octanol–water partition coefficient (Wildman–Crippen LogP) is 3.51. The van der Waals surface area contributed by atoms with Crippen LogP contribution in [0.25, 0.3) is 10.9 Å². The molecule has 2 aromatic carbocycles. The molecule has 138 valence electrons. The number of likely N-dealkylation sites (N-methyl/N-ethyl adjacent to an activating group) is 1. The van der Waals surface area contributed by atoms with E-state index in [4.69, 9.17) is 0 Å². The molecule has 0 radical (unpaired) electrons. The van der Waals surface area contributed by atoms with Crippen LogP contribution in [-0.4, -0.2) is 26.1 Å². The van der Waals surface area contributed by atoms with Crippen molar-refractivity contribution < 1.29 is 8.42 Å². The van der Waals surface area contributed by atoms with Gasteiger partial charge in [0, 0.05) is 29.7 Å². The van der Waals surface area contributed by atoms with Crippen molar-refractivity contribution in [2.45, 2.75) is 35.1 Å². The Morgan fingerprint density at radius 2 is 1.81 bits per heavy atom. The van der Waals surface area contributed by atoms with E-state index in [1.54, 1.807) is 30.3 Å². The molecule has 1 N–H and O–H groups in total. The van der Waals surface area contributed by atoms with Gasteiger partial charge in [0.1, 0.15) is 0 Å². The zero-order chi connectivity index (χ0) is 17.6. The number of halogens is 1. The van der Waals surface area contributed by atoms with Crippen molar-refractivity contribution in [3.8, 4) is 0 Å². The average Bonchev–Trinajstić information content (AvgIpc) is 2.94. The Balaban J connectivity index is 0.00000196. The van der Waals surface area contributed by atoms with Gasteiger partial charge in [-0.15, -0.1) is 12.4 Å². The molecule has 1 heterocycles. The molecule has 1 atom stereocenters. The van der Waals surface area contributed by atoms with Gasteiger partial charge in [0.15, 0.2) is 0 Å². The quantitative estimate of drug-likeness (QED) is 0.744. The van der Waals surface area contributed by atoms with Gasteiger partial charge in [0.2, 0.25) is 9.84 Å². The van der Waals surface area contributed by atoms with Crippen LogP contribution in [-0.2, 0) is 29.7 Å². The summed E-state index contributed by atoms with van der Waals surface area (Å²) < 4.78 is 28.1. The number of aryl methyl sites for hydroxylation is 1. The fraction of sp³-hybridized carbons (Fsp3) is 0.300. The first kappa shape index (κ1) is 19.0. The Bertz CT molecular complexity index is 1040. The summed E-state index contributed by atoms with van der Waals surface area (Å²) in [5, 5.41) is 4.43. The molecule has 0 saturated heterocycles. The van der Waals surface area contributed by atoms with Crippen LogP contribution in [0.2, 0.25) is 0 Å². The molecule has 3 aromatic rings. The number of sulfone groups is 1. The minimum Gasteiger partial charge on any atom is -0.347 e. The topological polar surface area (TPSA) is 51.1 Å². The lowest BCUT2D eigenvalue weighted by Gasteiger charge is -2.22. The fourth-order valence-electron chi connectivity index (χ4n) is 3.91. The summed E-state index contributed by atoms with van der Waals surface area (Å²) in [6.07, 6.45) is 3.08. The van der Waals surface area contributed by atoms with Gasteiger partial charge in [-0.3, -0.25) is 0 Å². The van der Waals surface area contributed by atoms with E-state index in [0.717, 1.165) is 30.2 Å². The van der Waals surface area contributed by atoms with Crippen LogP contribution < -0.4 is 5.32 Å². The Hall–Kier alpha value is -1.82. The number of aromatic nitrogens is 1. The molecule has 4 nitrogen and oxygen atoms in total. The molecular formula is C20H23ClN2O2S. The standard InChI is InChI=1S/C20H22N2O2S.ClH/c1-21-14-8-10-19-17(12-14)18-13-16(9-11-20(18)22(19)2)25(23,24)15-6-4-3-5-7-15;/h3-7,9,11,13-14,21H,8,10,12H2,1-2H3;1H/t14-;/m1./s1. The second-order valence-corrected chi connectivity index (χ2v) is 8.66. The number of nitrogens with zero attached hydrogens (tertiary/aromatic N) is 1. The van der Waals surface area contributed by atoms with Gasteiger partial charge in [0.05, 0.1) is 9.79 Å². The first-order valence-electron chi connectivity index (χ1n) is 8.60. The number of nitrogens with one attached hydrogen (secondary N) is 1. The van der Waals surface area contributed by atoms with Crippen LogP contribution in [0.15, 0.2) is 58.3 Å². The molecule has 0 amide bonds. The molecule has 0 unspecified atom stereocenters. The number of hydrogen-bond donors (Lipinski definition) is 1. The van der Waals surface area contributed by atoms with Crippen molar-refractivity contribution in [1.82, 2.24) is 9.88 Å². The van der Waals surface area contributed by atoms with E-state index in [1.165, 1.54) is 11.3 Å². The van der Waals surface area contributed by atoms with Crippen LogP contribution in [0.4, 0.5) is 0 Å². The molecule has 0 saturated carbocycles. The summed E-state index contributed by atoms with van der Waals surface area (Å²) in [7, 11) is 0.576. The molecule has 1 aliphatic carbocycles. The summed E-state index contributed by atoms with van der Waals surface area (Å²) in [6.45, 7) is 0. The lowest BCUT2D eigenvalue weighted by atomic mass is 9.91. The SMILES string of the molecule is CN[C@@H]1CCc2c(c3cc(S(=O)(=O)c4ccccc4)ccc3n2C)C1.Cl. The van der Waals surface area contributed by atoms with Gasteiger partial charge in [-0.25, -0.2) is 8.42 Å². The largest absolute Gasteiger partial charge is 0.347 e. The van der Waals surface area contributed by atoms with E-state index in [-0.39, 0.29) is 12.4 Å². The van der Waals surface area contributed by atoms with Crippen molar-refractivity contribution >= 4 is 33.1 Å². The summed E-state index contributed by atoms with van der Waals surface area (Å²) >= 11 is 0. The van der Waals surface area contributed by atoms with E-state index >= 15 is 0 Å². The van der Waals surface area contributed by atoms with Crippen LogP contribution in [0.1, 0.15) is 17.7 Å². The van der Waals surface area contributed by atoms with Crippen molar-refractivity contribution in [1.29, 1.82) is 0 Å². The van der Waals surface area contributed by atoms with Crippen LogP contribution in [0.3, 0.4) is 0 Å².